The molecule has 0 bridgehead atoms. The van der Waals surface area contributed by atoms with Crippen LogP contribution in [0.15, 0.2) is 64.8 Å². The van der Waals surface area contributed by atoms with E-state index in [0.717, 1.165) is 11.3 Å². The summed E-state index contributed by atoms with van der Waals surface area (Å²) in [6.07, 6.45) is 1.76. The van der Waals surface area contributed by atoms with Gasteiger partial charge in [-0.15, -0.1) is 5.10 Å². The van der Waals surface area contributed by atoms with Gasteiger partial charge in [0.15, 0.2) is 11.0 Å². The van der Waals surface area contributed by atoms with Crippen molar-refractivity contribution in [3.63, 3.8) is 0 Å². The summed E-state index contributed by atoms with van der Waals surface area (Å²) >= 11 is 1.23. The van der Waals surface area contributed by atoms with Gasteiger partial charge in [-0.25, -0.2) is 0 Å². The molecule has 3 rings (SSSR count). The van der Waals surface area contributed by atoms with E-state index in [1.165, 1.54) is 11.8 Å². The van der Waals surface area contributed by atoms with E-state index in [0.29, 0.717) is 10.7 Å². The maximum absolute atomic E-state index is 12.3. The van der Waals surface area contributed by atoms with Crippen LogP contribution in [-0.4, -0.2) is 42.4 Å². The lowest BCUT2D eigenvalue weighted by Crippen LogP contribution is -2.26. The molecule has 1 fully saturated rings. The first-order chi connectivity index (χ1) is 13.0. The Labute approximate surface area is 162 Å². The second kappa shape index (κ2) is 8.64. The Morgan fingerprint density at radius 1 is 1.15 bits per heavy atom. The van der Waals surface area contributed by atoms with E-state index in [9.17, 15) is 9.59 Å². The third-order valence-corrected chi connectivity index (χ3v) is 5.08. The zero-order valence-electron chi connectivity index (χ0n) is 15.1. The van der Waals surface area contributed by atoms with Crippen LogP contribution in [0.25, 0.3) is 0 Å². The molecule has 0 aromatic heterocycles. The fraction of sp³-hybridized carbons (Fsp3) is 0.200. The molecule has 6 nitrogen and oxygen atoms in total. The molecular formula is C20H20N4O2S. The second-order valence-electron chi connectivity index (χ2n) is 6.22. The number of amides is 1. The second-order valence-corrected chi connectivity index (χ2v) is 7.42. The van der Waals surface area contributed by atoms with E-state index in [-0.39, 0.29) is 18.1 Å². The topological polar surface area (TPSA) is 74.1 Å². The van der Waals surface area contributed by atoms with Crippen molar-refractivity contribution in [2.75, 3.05) is 19.0 Å². The Balaban J connectivity index is 1.58. The van der Waals surface area contributed by atoms with Crippen molar-refractivity contribution >= 4 is 40.5 Å². The number of ketones is 1. The van der Waals surface area contributed by atoms with Gasteiger partial charge in [0, 0.05) is 31.8 Å². The lowest BCUT2D eigenvalue weighted by Gasteiger charge is -2.11. The number of rotatable bonds is 6. The average molecular weight is 380 g/mol. The molecule has 1 heterocycles. The normalized spacial score (nSPS) is 18.1. The van der Waals surface area contributed by atoms with Gasteiger partial charge in [0.1, 0.15) is 0 Å². The highest BCUT2D eigenvalue weighted by molar-refractivity contribution is 8.15. The number of hydrogen-bond acceptors (Lipinski definition) is 6. The summed E-state index contributed by atoms with van der Waals surface area (Å²) in [5.74, 6) is -0.275. The molecule has 2 aromatic rings. The minimum Gasteiger partial charge on any atom is -0.378 e. The zero-order chi connectivity index (χ0) is 19.2. The van der Waals surface area contributed by atoms with Crippen molar-refractivity contribution in [3.05, 3.63) is 65.7 Å². The van der Waals surface area contributed by atoms with E-state index in [1.807, 2.05) is 61.5 Å². The van der Waals surface area contributed by atoms with Crippen LogP contribution in [0.3, 0.4) is 0 Å². The molecule has 0 aliphatic carbocycles. The minimum absolute atomic E-state index is 0.0611. The van der Waals surface area contributed by atoms with Crippen LogP contribution in [0.1, 0.15) is 22.3 Å². The molecule has 0 spiro atoms. The number of benzene rings is 2. The van der Waals surface area contributed by atoms with Crippen molar-refractivity contribution in [3.8, 4) is 0 Å². The SMILES string of the molecule is CN(C)c1ccc(/C=N\N=C2/NC(=O)[C@@H](CC(=O)c3ccccc3)S2)cc1. The van der Waals surface area contributed by atoms with Crippen LogP contribution in [0, 0.1) is 0 Å². The van der Waals surface area contributed by atoms with E-state index in [1.54, 1.807) is 18.3 Å². The average Bonchev–Trinajstić information content (AvgIpc) is 3.02. The molecule has 0 saturated carbocycles. The number of carbonyl (C=O) groups excluding carboxylic acids is 2. The van der Waals surface area contributed by atoms with Crippen LogP contribution < -0.4 is 10.2 Å². The fourth-order valence-electron chi connectivity index (χ4n) is 2.50. The molecule has 1 amide bonds. The van der Waals surface area contributed by atoms with E-state index in [2.05, 4.69) is 15.5 Å². The summed E-state index contributed by atoms with van der Waals surface area (Å²) in [6.45, 7) is 0. The maximum atomic E-state index is 12.3. The number of nitrogens with one attached hydrogen (secondary N) is 1. The fourth-order valence-corrected chi connectivity index (χ4v) is 3.43. The minimum atomic E-state index is -0.481. The number of anilines is 1. The number of nitrogens with zero attached hydrogens (tertiary/aromatic N) is 3. The summed E-state index contributed by atoms with van der Waals surface area (Å²) in [6, 6.07) is 16.8. The molecule has 1 N–H and O–H groups in total. The largest absolute Gasteiger partial charge is 0.378 e. The van der Waals surface area contributed by atoms with Gasteiger partial charge in [0.2, 0.25) is 5.91 Å². The summed E-state index contributed by atoms with van der Waals surface area (Å²) < 4.78 is 0. The van der Waals surface area contributed by atoms with Crippen LogP contribution in [-0.2, 0) is 4.79 Å². The predicted octanol–water partition coefficient (Wildman–Crippen LogP) is 2.95. The molecule has 7 heteroatoms. The first-order valence-electron chi connectivity index (χ1n) is 8.47. The summed E-state index contributed by atoms with van der Waals surface area (Å²) in [4.78, 5) is 26.3. The Hall–Kier alpha value is -2.93. The molecule has 0 unspecified atom stereocenters. The molecule has 1 aliphatic rings. The smallest absolute Gasteiger partial charge is 0.240 e. The third kappa shape index (κ3) is 5.04. The van der Waals surface area contributed by atoms with Gasteiger partial charge in [0.25, 0.3) is 0 Å². The van der Waals surface area contributed by atoms with Crippen LogP contribution in [0.4, 0.5) is 5.69 Å². The highest BCUT2D eigenvalue weighted by Crippen LogP contribution is 2.24. The molecule has 1 saturated heterocycles. The monoisotopic (exact) mass is 380 g/mol. The van der Waals surface area contributed by atoms with Gasteiger partial charge in [-0.05, 0) is 17.7 Å². The van der Waals surface area contributed by atoms with Crippen molar-refractivity contribution in [1.29, 1.82) is 0 Å². The van der Waals surface area contributed by atoms with Crippen molar-refractivity contribution < 1.29 is 9.59 Å². The number of thioether (sulfide) groups is 1. The molecular weight excluding hydrogens is 360 g/mol. The van der Waals surface area contributed by atoms with Crippen molar-refractivity contribution in [2.24, 2.45) is 10.2 Å². The molecule has 27 heavy (non-hydrogen) atoms. The Morgan fingerprint density at radius 3 is 2.52 bits per heavy atom. The Kier molecular flexibility index (Phi) is 6.03. The van der Waals surface area contributed by atoms with Gasteiger partial charge in [0.05, 0.1) is 11.5 Å². The van der Waals surface area contributed by atoms with Gasteiger partial charge in [-0.3, -0.25) is 9.59 Å². The van der Waals surface area contributed by atoms with Crippen LogP contribution >= 0.6 is 11.8 Å². The number of hydrogen-bond donors (Lipinski definition) is 1. The number of Topliss-reactive ketones (excluding diaryl/α,β-unsaturated/α-hetero) is 1. The van der Waals surface area contributed by atoms with Crippen LogP contribution in [0.5, 0.6) is 0 Å². The summed E-state index contributed by atoms with van der Waals surface area (Å²) in [5, 5.41) is 10.7. The lowest BCUT2D eigenvalue weighted by atomic mass is 10.1. The van der Waals surface area contributed by atoms with E-state index < -0.39 is 5.25 Å². The van der Waals surface area contributed by atoms with Gasteiger partial charge in [-0.1, -0.05) is 54.2 Å². The van der Waals surface area contributed by atoms with Crippen molar-refractivity contribution in [2.45, 2.75) is 11.7 Å². The third-order valence-electron chi connectivity index (χ3n) is 4.01. The Bertz CT molecular complexity index is 877. The van der Waals surface area contributed by atoms with Crippen molar-refractivity contribution in [1.82, 2.24) is 5.32 Å². The highest BCUT2D eigenvalue weighted by atomic mass is 32.2. The van der Waals surface area contributed by atoms with Crippen LogP contribution in [0.2, 0.25) is 0 Å². The first-order valence-corrected chi connectivity index (χ1v) is 9.35. The zero-order valence-corrected chi connectivity index (χ0v) is 15.9. The molecule has 1 atom stereocenters. The van der Waals surface area contributed by atoms with Gasteiger partial charge >= 0.3 is 0 Å². The molecule has 138 valence electrons. The number of carbonyl (C=O) groups is 2. The number of amidine groups is 1. The van der Waals surface area contributed by atoms with E-state index in [4.69, 9.17) is 0 Å². The molecule has 2 aromatic carbocycles. The molecule has 1 aliphatic heterocycles. The maximum Gasteiger partial charge on any atom is 0.240 e. The summed E-state index contributed by atoms with van der Waals surface area (Å²) in [7, 11) is 3.96. The molecule has 0 radical (unpaired) electrons. The van der Waals surface area contributed by atoms with E-state index >= 15 is 0 Å². The quantitative estimate of drug-likeness (QED) is 0.475. The predicted molar refractivity (Wildman–Crippen MR) is 111 cm³/mol. The lowest BCUT2D eigenvalue weighted by molar-refractivity contribution is -0.118. The van der Waals surface area contributed by atoms with Gasteiger partial charge in [-0.2, -0.15) is 5.10 Å². The van der Waals surface area contributed by atoms with Gasteiger partial charge < -0.3 is 10.2 Å². The first kappa shape index (κ1) is 18.8. The highest BCUT2D eigenvalue weighted by Gasteiger charge is 2.32. The standard InChI is InChI=1S/C20H20N4O2S/c1-24(2)16-10-8-14(9-11-16)13-21-23-20-22-19(26)18(27-20)12-17(25)15-6-4-3-5-7-15/h3-11,13,18H,12H2,1-2H3,(H,22,23,26)/b21-13-/t18-/m1/s1. The Morgan fingerprint density at radius 2 is 1.85 bits per heavy atom. The summed E-state index contributed by atoms with van der Waals surface area (Å²) in [5.41, 5.74) is 2.62.